The summed E-state index contributed by atoms with van der Waals surface area (Å²) in [4.78, 5) is 7.38. The Morgan fingerprint density at radius 3 is 2.36 bits per heavy atom. The second kappa shape index (κ2) is 6.51. The fourth-order valence-corrected chi connectivity index (χ4v) is 3.81. The zero-order chi connectivity index (χ0) is 15.6. The van der Waals surface area contributed by atoms with Crippen LogP contribution in [-0.4, -0.2) is 23.0 Å². The average Bonchev–Trinajstić information content (AvgIpc) is 2.96. The molecule has 1 fully saturated rings. The molecule has 1 aliphatic rings. The molecule has 1 aromatic heterocycles. The number of rotatable bonds is 3. The summed E-state index contributed by atoms with van der Waals surface area (Å²) in [6, 6.07) is 8.89. The highest BCUT2D eigenvalue weighted by molar-refractivity contribution is 7.09. The van der Waals surface area contributed by atoms with Crippen molar-refractivity contribution < 1.29 is 0 Å². The summed E-state index contributed by atoms with van der Waals surface area (Å²) in [5.41, 5.74) is 3.94. The van der Waals surface area contributed by atoms with Gasteiger partial charge in [0, 0.05) is 10.9 Å². The molecular formula is C19H26N2S. The van der Waals surface area contributed by atoms with Crippen molar-refractivity contribution in [2.45, 2.75) is 52.0 Å². The lowest BCUT2D eigenvalue weighted by Gasteiger charge is -2.25. The number of nitrogens with zero attached hydrogens (tertiary/aromatic N) is 2. The van der Waals surface area contributed by atoms with Crippen LogP contribution in [0.2, 0.25) is 0 Å². The van der Waals surface area contributed by atoms with Crippen LogP contribution in [0.15, 0.2) is 29.6 Å². The van der Waals surface area contributed by atoms with Gasteiger partial charge >= 0.3 is 0 Å². The van der Waals surface area contributed by atoms with Crippen LogP contribution in [0.1, 0.15) is 50.6 Å². The predicted molar refractivity (Wildman–Crippen MR) is 95.4 cm³/mol. The summed E-state index contributed by atoms with van der Waals surface area (Å²) in [6.07, 6.45) is 4.07. The normalized spacial score (nSPS) is 16.9. The standard InChI is InChI=1S/C19H26N2S/c1-19(2,3)16-9-7-15(8-10-16)17-14-22-18(20-17)13-21-11-5-4-6-12-21/h7-10,14H,4-6,11-13H2,1-3H3. The zero-order valence-corrected chi connectivity index (χ0v) is 14.7. The molecule has 0 saturated carbocycles. The van der Waals surface area contributed by atoms with Gasteiger partial charge in [-0.1, -0.05) is 51.5 Å². The molecule has 22 heavy (non-hydrogen) atoms. The minimum Gasteiger partial charge on any atom is -0.297 e. The summed E-state index contributed by atoms with van der Waals surface area (Å²) in [6.45, 7) is 10.2. The molecule has 0 amide bonds. The molecule has 0 N–H and O–H groups in total. The Bertz CT molecular complexity index is 601. The lowest BCUT2D eigenvalue weighted by molar-refractivity contribution is 0.220. The Balaban J connectivity index is 1.70. The quantitative estimate of drug-likeness (QED) is 0.784. The van der Waals surface area contributed by atoms with Gasteiger partial charge < -0.3 is 0 Å². The van der Waals surface area contributed by atoms with Crippen LogP contribution in [0.5, 0.6) is 0 Å². The maximum atomic E-state index is 4.84. The number of likely N-dealkylation sites (tertiary alicyclic amines) is 1. The smallest absolute Gasteiger partial charge is 0.107 e. The van der Waals surface area contributed by atoms with Gasteiger partial charge in [-0.05, 0) is 36.9 Å². The van der Waals surface area contributed by atoms with Crippen LogP contribution < -0.4 is 0 Å². The van der Waals surface area contributed by atoms with E-state index in [1.165, 1.54) is 48.5 Å². The van der Waals surface area contributed by atoms with Crippen molar-refractivity contribution in [1.29, 1.82) is 0 Å². The molecule has 0 radical (unpaired) electrons. The summed E-state index contributed by atoms with van der Waals surface area (Å²) in [5, 5.41) is 3.45. The van der Waals surface area contributed by atoms with Crippen molar-refractivity contribution in [2.75, 3.05) is 13.1 Å². The molecule has 1 aromatic carbocycles. The molecule has 3 rings (SSSR count). The first-order valence-corrected chi connectivity index (χ1v) is 9.18. The summed E-state index contributed by atoms with van der Waals surface area (Å²) in [5.74, 6) is 0. The van der Waals surface area contributed by atoms with Crippen molar-refractivity contribution >= 4 is 11.3 Å². The van der Waals surface area contributed by atoms with Crippen LogP contribution in [0.4, 0.5) is 0 Å². The van der Waals surface area contributed by atoms with Crippen molar-refractivity contribution in [2.24, 2.45) is 0 Å². The van der Waals surface area contributed by atoms with E-state index in [1.54, 1.807) is 11.3 Å². The average molecular weight is 314 g/mol. The molecule has 2 heterocycles. The first-order chi connectivity index (χ1) is 10.5. The van der Waals surface area contributed by atoms with E-state index in [2.05, 4.69) is 55.3 Å². The molecule has 118 valence electrons. The molecule has 0 bridgehead atoms. The highest BCUT2D eigenvalue weighted by Gasteiger charge is 2.15. The molecule has 0 aliphatic carbocycles. The molecule has 1 saturated heterocycles. The molecular weight excluding hydrogens is 288 g/mol. The number of hydrogen-bond acceptors (Lipinski definition) is 3. The van der Waals surface area contributed by atoms with Gasteiger partial charge in [-0.25, -0.2) is 4.98 Å². The summed E-state index contributed by atoms with van der Waals surface area (Å²) < 4.78 is 0. The van der Waals surface area contributed by atoms with Gasteiger partial charge in [-0.3, -0.25) is 4.90 Å². The third kappa shape index (κ3) is 3.76. The number of hydrogen-bond donors (Lipinski definition) is 0. The molecule has 2 aromatic rings. The molecule has 0 unspecified atom stereocenters. The molecule has 3 heteroatoms. The number of piperidine rings is 1. The highest BCUT2D eigenvalue weighted by Crippen LogP contribution is 2.27. The molecule has 1 aliphatic heterocycles. The van der Waals surface area contributed by atoms with Crippen LogP contribution in [0, 0.1) is 0 Å². The van der Waals surface area contributed by atoms with Gasteiger partial charge in [0.2, 0.25) is 0 Å². The maximum Gasteiger partial charge on any atom is 0.107 e. The van der Waals surface area contributed by atoms with E-state index in [9.17, 15) is 0 Å². The number of aromatic nitrogens is 1. The van der Waals surface area contributed by atoms with Gasteiger partial charge in [0.1, 0.15) is 5.01 Å². The van der Waals surface area contributed by atoms with Crippen LogP contribution in [-0.2, 0) is 12.0 Å². The van der Waals surface area contributed by atoms with Gasteiger partial charge in [-0.2, -0.15) is 0 Å². The van der Waals surface area contributed by atoms with Crippen LogP contribution in [0.3, 0.4) is 0 Å². The Kier molecular flexibility index (Phi) is 4.65. The predicted octanol–water partition coefficient (Wildman–Crippen LogP) is 5.09. The van der Waals surface area contributed by atoms with E-state index < -0.39 is 0 Å². The van der Waals surface area contributed by atoms with Gasteiger partial charge in [-0.15, -0.1) is 11.3 Å². The zero-order valence-electron chi connectivity index (χ0n) is 13.9. The van der Waals surface area contributed by atoms with Gasteiger partial charge in [0.05, 0.1) is 12.2 Å². The van der Waals surface area contributed by atoms with Crippen molar-refractivity contribution in [3.8, 4) is 11.3 Å². The third-order valence-corrected chi connectivity index (χ3v) is 5.24. The van der Waals surface area contributed by atoms with E-state index in [1.807, 2.05) is 0 Å². The maximum absolute atomic E-state index is 4.84. The second-order valence-corrected chi connectivity index (χ2v) is 8.23. The highest BCUT2D eigenvalue weighted by atomic mass is 32.1. The topological polar surface area (TPSA) is 16.1 Å². The lowest BCUT2D eigenvalue weighted by atomic mass is 9.86. The first-order valence-electron chi connectivity index (χ1n) is 8.30. The van der Waals surface area contributed by atoms with Crippen molar-refractivity contribution in [1.82, 2.24) is 9.88 Å². The minimum absolute atomic E-state index is 0.208. The van der Waals surface area contributed by atoms with Crippen molar-refractivity contribution in [3.63, 3.8) is 0 Å². The summed E-state index contributed by atoms with van der Waals surface area (Å²) in [7, 11) is 0. The second-order valence-electron chi connectivity index (χ2n) is 7.29. The molecule has 0 atom stereocenters. The largest absolute Gasteiger partial charge is 0.297 e. The minimum atomic E-state index is 0.208. The lowest BCUT2D eigenvalue weighted by Crippen LogP contribution is -2.28. The Morgan fingerprint density at radius 1 is 1.05 bits per heavy atom. The number of thiazole rings is 1. The van der Waals surface area contributed by atoms with Crippen LogP contribution in [0.25, 0.3) is 11.3 Å². The fraction of sp³-hybridized carbons (Fsp3) is 0.526. The van der Waals surface area contributed by atoms with E-state index >= 15 is 0 Å². The van der Waals surface area contributed by atoms with E-state index in [0.717, 1.165) is 12.2 Å². The van der Waals surface area contributed by atoms with E-state index in [4.69, 9.17) is 4.98 Å². The van der Waals surface area contributed by atoms with Gasteiger partial charge in [0.25, 0.3) is 0 Å². The van der Waals surface area contributed by atoms with E-state index in [0.29, 0.717) is 0 Å². The van der Waals surface area contributed by atoms with E-state index in [-0.39, 0.29) is 5.41 Å². The Hall–Kier alpha value is -1.19. The molecule has 0 spiro atoms. The summed E-state index contributed by atoms with van der Waals surface area (Å²) >= 11 is 1.79. The Morgan fingerprint density at radius 2 is 1.73 bits per heavy atom. The third-order valence-electron chi connectivity index (χ3n) is 4.41. The van der Waals surface area contributed by atoms with Crippen molar-refractivity contribution in [3.05, 3.63) is 40.2 Å². The Labute approximate surface area is 138 Å². The first kappa shape index (κ1) is 15.7. The fourth-order valence-electron chi connectivity index (χ4n) is 2.97. The van der Waals surface area contributed by atoms with Crippen LogP contribution >= 0.6 is 11.3 Å². The SMILES string of the molecule is CC(C)(C)c1ccc(-c2csc(CN3CCCCC3)n2)cc1. The molecule has 2 nitrogen and oxygen atoms in total. The number of benzene rings is 1. The monoisotopic (exact) mass is 314 g/mol. The van der Waals surface area contributed by atoms with Gasteiger partial charge in [0.15, 0.2) is 0 Å².